The molecule has 6 rings (SSSR count). The molecule has 256 valence electrons. The van der Waals surface area contributed by atoms with Gasteiger partial charge in [-0.05, 0) is 75.3 Å². The number of ketones is 1. The minimum absolute atomic E-state index is 0.0406. The van der Waals surface area contributed by atoms with E-state index >= 15 is 8.78 Å². The average molecular weight is 657 g/mol. The van der Waals surface area contributed by atoms with Gasteiger partial charge < -0.3 is 24.4 Å². The summed E-state index contributed by atoms with van der Waals surface area (Å²) in [6.07, 6.45) is 4.86. The molecule has 0 spiro atoms. The molecule has 1 aromatic heterocycles. The number of fused-ring (bicyclic) bond motifs is 5. The maximum atomic E-state index is 16.1. The maximum Gasteiger partial charge on any atom is 0.408 e. The van der Waals surface area contributed by atoms with Gasteiger partial charge in [-0.15, -0.1) is 0 Å². The number of benzene rings is 1. The molecule has 3 fully saturated rings. The van der Waals surface area contributed by atoms with Crippen LogP contribution < -0.4 is 14.8 Å². The van der Waals surface area contributed by atoms with Crippen molar-refractivity contribution in [3.63, 3.8) is 0 Å². The number of methoxy groups -OCH3 is 1. The molecule has 2 bridgehead atoms. The largest absolute Gasteiger partial charge is 0.497 e. The van der Waals surface area contributed by atoms with Gasteiger partial charge in [0.25, 0.3) is 5.92 Å². The minimum Gasteiger partial charge on any atom is -0.497 e. The summed E-state index contributed by atoms with van der Waals surface area (Å²) in [6, 6.07) is 3.04. The van der Waals surface area contributed by atoms with Crippen LogP contribution in [0.25, 0.3) is 11.0 Å². The third-order valence-corrected chi connectivity index (χ3v) is 11.1. The molecular formula is C35H46F2N4O6. The van der Waals surface area contributed by atoms with E-state index in [-0.39, 0.29) is 42.2 Å². The summed E-state index contributed by atoms with van der Waals surface area (Å²) in [4.78, 5) is 51.4. The molecule has 2 amide bonds. The third kappa shape index (κ3) is 6.61. The highest BCUT2D eigenvalue weighted by molar-refractivity contribution is 5.92. The summed E-state index contributed by atoms with van der Waals surface area (Å²) < 4.78 is 49.7. The fraction of sp³-hybridized carbons (Fsp3) is 0.686. The molecule has 4 aliphatic rings. The maximum absolute atomic E-state index is 16.1. The van der Waals surface area contributed by atoms with E-state index in [1.807, 2.05) is 6.92 Å². The second-order valence-corrected chi connectivity index (χ2v) is 14.3. The van der Waals surface area contributed by atoms with E-state index in [1.54, 1.807) is 25.1 Å². The second-order valence-electron chi connectivity index (χ2n) is 14.3. The third-order valence-electron chi connectivity index (χ3n) is 11.1. The lowest BCUT2D eigenvalue weighted by Gasteiger charge is -2.37. The summed E-state index contributed by atoms with van der Waals surface area (Å²) in [5.74, 6) is -4.33. The molecule has 12 heteroatoms. The van der Waals surface area contributed by atoms with Gasteiger partial charge >= 0.3 is 6.09 Å². The number of nitrogens with one attached hydrogen (secondary N) is 1. The highest BCUT2D eigenvalue weighted by Gasteiger charge is 2.52. The van der Waals surface area contributed by atoms with Crippen molar-refractivity contribution < 1.29 is 37.4 Å². The van der Waals surface area contributed by atoms with Gasteiger partial charge in [-0.2, -0.15) is 8.78 Å². The Labute approximate surface area is 274 Å². The molecule has 0 unspecified atom stereocenters. The second kappa shape index (κ2) is 13.1. The molecule has 1 saturated heterocycles. The van der Waals surface area contributed by atoms with Gasteiger partial charge in [0.2, 0.25) is 11.8 Å². The van der Waals surface area contributed by atoms with Crippen LogP contribution in [-0.2, 0) is 20.2 Å². The first-order chi connectivity index (χ1) is 22.4. The predicted molar refractivity (Wildman–Crippen MR) is 169 cm³/mol. The van der Waals surface area contributed by atoms with E-state index in [9.17, 15) is 14.4 Å². The molecule has 2 aliphatic carbocycles. The number of hydrogen-bond acceptors (Lipinski definition) is 8. The fourth-order valence-electron chi connectivity index (χ4n) is 8.35. The number of alkyl halides is 2. The van der Waals surface area contributed by atoms with Crippen LogP contribution in [0.3, 0.4) is 0 Å². The Hall–Kier alpha value is -3.57. The lowest BCUT2D eigenvalue weighted by Crippen LogP contribution is -2.58. The number of rotatable bonds is 3. The van der Waals surface area contributed by atoms with E-state index in [0.717, 1.165) is 38.5 Å². The van der Waals surface area contributed by atoms with Gasteiger partial charge in [0.1, 0.15) is 24.0 Å². The van der Waals surface area contributed by atoms with E-state index in [0.29, 0.717) is 30.5 Å². The van der Waals surface area contributed by atoms with Crippen LogP contribution in [-0.4, -0.2) is 70.6 Å². The zero-order valence-electron chi connectivity index (χ0n) is 27.7. The monoisotopic (exact) mass is 656 g/mol. The molecule has 6 atom stereocenters. The number of carbonyl (C=O) groups excluding carboxylic acids is 3. The van der Waals surface area contributed by atoms with Crippen LogP contribution in [0, 0.1) is 17.3 Å². The Morgan fingerprint density at radius 2 is 1.70 bits per heavy atom. The minimum atomic E-state index is -3.35. The van der Waals surface area contributed by atoms with Crippen molar-refractivity contribution in [2.24, 2.45) is 17.3 Å². The predicted octanol–water partition coefficient (Wildman–Crippen LogP) is 6.33. The molecule has 2 aromatic rings. The molecule has 2 saturated carbocycles. The SMILES string of the molecule is COc1ccc2nc3c(nc2c1)O[C@H]1CN(C(=O)[C@H](C2(C)CCCC2)NC(=O)O[C@@H]2CCC[C@H]2CCCCC3(F)F)[C@H](C(C)=O)[C@@H]1C. The van der Waals surface area contributed by atoms with Crippen molar-refractivity contribution in [2.45, 2.75) is 122 Å². The zero-order chi connectivity index (χ0) is 33.5. The smallest absolute Gasteiger partial charge is 0.408 e. The molecule has 10 nitrogen and oxygen atoms in total. The lowest BCUT2D eigenvalue weighted by molar-refractivity contribution is -0.142. The van der Waals surface area contributed by atoms with Crippen LogP contribution in [0.1, 0.15) is 97.1 Å². The number of hydrogen-bond donors (Lipinski definition) is 1. The van der Waals surface area contributed by atoms with Crippen molar-refractivity contribution in [3.8, 4) is 11.6 Å². The number of nitrogens with zero attached hydrogens (tertiary/aromatic N) is 3. The van der Waals surface area contributed by atoms with Crippen LogP contribution >= 0.6 is 0 Å². The first-order valence-electron chi connectivity index (χ1n) is 17.1. The summed E-state index contributed by atoms with van der Waals surface area (Å²) in [5.41, 5.74) is -0.486. The van der Waals surface area contributed by atoms with Gasteiger partial charge in [-0.3, -0.25) is 9.59 Å². The molecule has 0 radical (unpaired) electrons. The molecule has 3 heterocycles. The standard InChI is InChI=1S/C35H46F2N4O6/c1-20-27-19-41(28(20)21(2)42)32(43)30(34(3)15-7-8-16-34)40-33(44)47-26-12-9-11-22(26)10-5-6-17-35(36,37)29-31(46-27)39-25-18-23(45-4)13-14-24(25)38-29/h13-14,18,20,22,26-28,30H,5-12,15-17,19H2,1-4H3,(H,40,44)/t20-,22-,26-,27+,28+,30-/m1/s1. The Balaban J connectivity index is 1.42. The van der Waals surface area contributed by atoms with Gasteiger partial charge in [0.15, 0.2) is 11.5 Å². The lowest BCUT2D eigenvalue weighted by atomic mass is 9.79. The summed E-state index contributed by atoms with van der Waals surface area (Å²) in [5, 5.41) is 2.94. The summed E-state index contributed by atoms with van der Waals surface area (Å²) in [6.45, 7) is 5.14. The molecule has 2 aliphatic heterocycles. The van der Waals surface area contributed by atoms with Gasteiger partial charge in [-0.1, -0.05) is 33.1 Å². The van der Waals surface area contributed by atoms with Gasteiger partial charge in [0, 0.05) is 18.4 Å². The molecule has 1 N–H and O–H groups in total. The van der Waals surface area contributed by atoms with Crippen molar-refractivity contribution in [2.75, 3.05) is 13.7 Å². The first kappa shape index (κ1) is 33.3. The Morgan fingerprint density at radius 3 is 2.43 bits per heavy atom. The summed E-state index contributed by atoms with van der Waals surface area (Å²) in [7, 11) is 1.50. The van der Waals surface area contributed by atoms with E-state index < -0.39 is 59.6 Å². The number of carbonyl (C=O) groups is 3. The highest BCUT2D eigenvalue weighted by atomic mass is 19.3. The molecular weight excluding hydrogens is 610 g/mol. The normalized spacial score (nSPS) is 31.1. The number of amides is 2. The fourth-order valence-corrected chi connectivity index (χ4v) is 8.35. The number of halogens is 2. The Bertz CT molecular complexity index is 1510. The quantitative estimate of drug-likeness (QED) is 0.407. The van der Waals surface area contributed by atoms with Gasteiger partial charge in [0.05, 0.1) is 30.7 Å². The van der Waals surface area contributed by atoms with Crippen molar-refractivity contribution in [3.05, 3.63) is 23.9 Å². The van der Waals surface area contributed by atoms with E-state index in [4.69, 9.17) is 14.2 Å². The van der Waals surface area contributed by atoms with Crippen LogP contribution in [0.4, 0.5) is 13.6 Å². The van der Waals surface area contributed by atoms with Gasteiger partial charge in [-0.25, -0.2) is 14.8 Å². The Kier molecular flexibility index (Phi) is 9.32. The first-order valence-corrected chi connectivity index (χ1v) is 17.1. The zero-order valence-corrected chi connectivity index (χ0v) is 27.7. The molecule has 47 heavy (non-hydrogen) atoms. The number of alkyl carbamates (subject to hydrolysis) is 1. The van der Waals surface area contributed by atoms with E-state index in [2.05, 4.69) is 15.3 Å². The number of aromatic nitrogens is 2. The molecule has 1 aromatic carbocycles. The van der Waals surface area contributed by atoms with Crippen LogP contribution in [0.2, 0.25) is 0 Å². The number of Topliss-reactive ketones (excluding diaryl/α,β-unsaturated/α-hetero) is 1. The van der Waals surface area contributed by atoms with Crippen molar-refractivity contribution >= 4 is 28.8 Å². The average Bonchev–Trinajstić information content (AvgIpc) is 3.76. The van der Waals surface area contributed by atoms with Crippen molar-refractivity contribution in [1.82, 2.24) is 20.2 Å². The summed E-state index contributed by atoms with van der Waals surface area (Å²) >= 11 is 0. The number of ether oxygens (including phenoxy) is 3. The van der Waals surface area contributed by atoms with Crippen LogP contribution in [0.5, 0.6) is 11.6 Å². The van der Waals surface area contributed by atoms with E-state index in [1.165, 1.54) is 18.9 Å². The highest BCUT2D eigenvalue weighted by Crippen LogP contribution is 2.44. The van der Waals surface area contributed by atoms with Crippen molar-refractivity contribution in [1.29, 1.82) is 0 Å². The Morgan fingerprint density at radius 1 is 0.979 bits per heavy atom. The van der Waals surface area contributed by atoms with Crippen LogP contribution in [0.15, 0.2) is 18.2 Å². The topological polar surface area (TPSA) is 120 Å².